The van der Waals surface area contributed by atoms with Crippen LogP contribution in [-0.4, -0.2) is 19.9 Å². The molecule has 260 valence electrons. The fourth-order valence-electron chi connectivity index (χ4n) is 7.68. The van der Waals surface area contributed by atoms with Crippen molar-refractivity contribution in [1.29, 1.82) is 5.26 Å². The maximum atomic E-state index is 9.54. The second-order valence-corrected chi connectivity index (χ2v) is 13.8. The summed E-state index contributed by atoms with van der Waals surface area (Å²) in [6, 6.07) is 64.6. The quantitative estimate of drug-likeness (QED) is 0.160. The van der Waals surface area contributed by atoms with Gasteiger partial charge in [-0.1, -0.05) is 140 Å². The lowest BCUT2D eigenvalue weighted by molar-refractivity contribution is 1.07. The predicted octanol–water partition coefficient (Wildman–Crippen LogP) is 12.6. The fourth-order valence-corrected chi connectivity index (χ4v) is 7.68. The zero-order chi connectivity index (χ0) is 37.4. The van der Waals surface area contributed by atoms with Crippen LogP contribution in [0.3, 0.4) is 0 Å². The van der Waals surface area contributed by atoms with Crippen LogP contribution in [0.4, 0.5) is 0 Å². The fraction of sp³-hybridized carbons (Fsp3) is 0. The van der Waals surface area contributed by atoms with Gasteiger partial charge in [-0.3, -0.25) is 4.98 Å². The van der Waals surface area contributed by atoms with Gasteiger partial charge in [0, 0.05) is 33.8 Å². The van der Waals surface area contributed by atoms with E-state index in [1.807, 2.05) is 91.1 Å². The second kappa shape index (κ2) is 13.9. The maximum absolute atomic E-state index is 9.54. The van der Waals surface area contributed by atoms with Crippen LogP contribution in [-0.2, 0) is 0 Å². The molecule has 0 spiro atoms. The Balaban J connectivity index is 1.15. The van der Waals surface area contributed by atoms with Crippen molar-refractivity contribution in [3.63, 3.8) is 0 Å². The summed E-state index contributed by atoms with van der Waals surface area (Å²) in [7, 11) is 0. The molecule has 5 nitrogen and oxygen atoms in total. The highest BCUT2D eigenvalue weighted by Crippen LogP contribution is 2.42. The smallest absolute Gasteiger partial charge is 0.164 e. The van der Waals surface area contributed by atoms with Crippen molar-refractivity contribution in [2.45, 2.75) is 0 Å². The van der Waals surface area contributed by atoms with E-state index in [0.29, 0.717) is 23.0 Å². The lowest BCUT2D eigenvalue weighted by atomic mass is 9.88. The molecule has 0 atom stereocenters. The van der Waals surface area contributed by atoms with Crippen LogP contribution in [0.5, 0.6) is 0 Å². The molecule has 8 aromatic carbocycles. The van der Waals surface area contributed by atoms with Gasteiger partial charge in [0.2, 0.25) is 0 Å². The van der Waals surface area contributed by atoms with Gasteiger partial charge in [0.15, 0.2) is 17.5 Å². The molecular formula is C51H31N5. The summed E-state index contributed by atoms with van der Waals surface area (Å²) in [5.41, 5.74) is 10.7. The van der Waals surface area contributed by atoms with Crippen molar-refractivity contribution < 1.29 is 0 Å². The van der Waals surface area contributed by atoms with Crippen molar-refractivity contribution in [1.82, 2.24) is 19.9 Å². The Morgan fingerprint density at radius 3 is 1.52 bits per heavy atom. The van der Waals surface area contributed by atoms with Gasteiger partial charge in [-0.15, -0.1) is 0 Å². The van der Waals surface area contributed by atoms with Crippen LogP contribution < -0.4 is 0 Å². The molecule has 0 unspecified atom stereocenters. The van der Waals surface area contributed by atoms with E-state index in [1.165, 1.54) is 0 Å². The van der Waals surface area contributed by atoms with Gasteiger partial charge in [-0.2, -0.15) is 5.26 Å². The van der Waals surface area contributed by atoms with Crippen LogP contribution >= 0.6 is 0 Å². The van der Waals surface area contributed by atoms with E-state index in [9.17, 15) is 5.26 Å². The van der Waals surface area contributed by atoms with Crippen molar-refractivity contribution in [3.8, 4) is 73.6 Å². The number of rotatable bonds is 6. The average molecular weight is 714 g/mol. The molecule has 0 saturated carbocycles. The zero-order valence-corrected chi connectivity index (χ0v) is 30.1. The summed E-state index contributed by atoms with van der Waals surface area (Å²) in [6.07, 6.45) is 1.87. The first kappa shape index (κ1) is 32.8. The molecule has 0 aliphatic rings. The lowest BCUT2D eigenvalue weighted by Gasteiger charge is -2.16. The molecule has 5 heteroatoms. The number of nitrogens with zero attached hydrogens (tertiary/aromatic N) is 5. The van der Waals surface area contributed by atoms with E-state index in [-0.39, 0.29) is 0 Å². The van der Waals surface area contributed by atoms with Crippen molar-refractivity contribution in [2.75, 3.05) is 0 Å². The largest absolute Gasteiger partial charge is 0.256 e. The first-order chi connectivity index (χ1) is 27.7. The maximum Gasteiger partial charge on any atom is 0.164 e. The van der Waals surface area contributed by atoms with E-state index in [4.69, 9.17) is 19.9 Å². The van der Waals surface area contributed by atoms with E-state index >= 15 is 0 Å². The molecule has 0 fully saturated rings. The summed E-state index contributed by atoms with van der Waals surface area (Å²) in [5, 5.41) is 15.2. The number of pyridine rings is 1. The summed E-state index contributed by atoms with van der Waals surface area (Å²) in [5.74, 6) is 1.86. The van der Waals surface area contributed by atoms with Crippen molar-refractivity contribution in [2.24, 2.45) is 0 Å². The summed E-state index contributed by atoms with van der Waals surface area (Å²) >= 11 is 0. The van der Waals surface area contributed by atoms with Crippen molar-refractivity contribution >= 4 is 32.4 Å². The highest BCUT2D eigenvalue weighted by Gasteiger charge is 2.17. The molecule has 2 heterocycles. The van der Waals surface area contributed by atoms with Gasteiger partial charge < -0.3 is 0 Å². The molecule has 0 bridgehead atoms. The van der Waals surface area contributed by atoms with E-state index in [2.05, 4.69) is 103 Å². The molecule has 0 aliphatic carbocycles. The molecule has 0 N–H and O–H groups in total. The van der Waals surface area contributed by atoms with E-state index in [0.717, 1.165) is 82.5 Å². The molecule has 0 amide bonds. The number of nitriles is 1. The Kier molecular flexibility index (Phi) is 8.13. The minimum absolute atomic E-state index is 0.606. The predicted molar refractivity (Wildman–Crippen MR) is 227 cm³/mol. The minimum atomic E-state index is 0.606. The Labute approximate surface area is 323 Å². The molecule has 0 saturated heterocycles. The van der Waals surface area contributed by atoms with Crippen LogP contribution in [0, 0.1) is 11.3 Å². The molecule has 0 radical (unpaired) electrons. The molecule has 10 rings (SSSR count). The Morgan fingerprint density at radius 1 is 0.339 bits per heavy atom. The van der Waals surface area contributed by atoms with E-state index < -0.39 is 0 Å². The Hall–Kier alpha value is -7.81. The first-order valence-corrected chi connectivity index (χ1v) is 18.5. The third-order valence-corrected chi connectivity index (χ3v) is 10.4. The summed E-state index contributed by atoms with van der Waals surface area (Å²) < 4.78 is 0. The molecule has 10 aromatic rings. The number of hydrogen-bond acceptors (Lipinski definition) is 5. The highest BCUT2D eigenvalue weighted by atomic mass is 15.0. The number of hydrogen-bond donors (Lipinski definition) is 0. The first-order valence-electron chi connectivity index (χ1n) is 18.5. The summed E-state index contributed by atoms with van der Waals surface area (Å²) in [6.45, 7) is 0. The van der Waals surface area contributed by atoms with Crippen molar-refractivity contribution in [3.05, 3.63) is 194 Å². The third kappa shape index (κ3) is 5.92. The average Bonchev–Trinajstić information content (AvgIpc) is 3.29. The van der Waals surface area contributed by atoms with Gasteiger partial charge in [0.05, 0.1) is 17.1 Å². The molecule has 0 aliphatic heterocycles. The van der Waals surface area contributed by atoms with Gasteiger partial charge in [0.1, 0.15) is 0 Å². The van der Waals surface area contributed by atoms with E-state index in [1.54, 1.807) is 0 Å². The molecule has 56 heavy (non-hydrogen) atoms. The van der Waals surface area contributed by atoms with Gasteiger partial charge in [-0.05, 0) is 91.8 Å². The van der Waals surface area contributed by atoms with Gasteiger partial charge in [-0.25, -0.2) is 15.0 Å². The van der Waals surface area contributed by atoms with Gasteiger partial charge in [0.25, 0.3) is 0 Å². The zero-order valence-electron chi connectivity index (χ0n) is 30.1. The lowest BCUT2D eigenvalue weighted by Crippen LogP contribution is -2.00. The summed E-state index contributed by atoms with van der Waals surface area (Å²) in [4.78, 5) is 19.9. The van der Waals surface area contributed by atoms with Gasteiger partial charge >= 0.3 is 0 Å². The monoisotopic (exact) mass is 713 g/mol. The number of benzene rings is 8. The molecule has 2 aromatic heterocycles. The van der Waals surface area contributed by atoms with Crippen LogP contribution in [0.2, 0.25) is 0 Å². The van der Waals surface area contributed by atoms with Crippen LogP contribution in [0.1, 0.15) is 5.56 Å². The number of fused-ring (bicyclic) bond motifs is 5. The Bertz CT molecular complexity index is 3090. The normalized spacial score (nSPS) is 11.2. The third-order valence-electron chi connectivity index (χ3n) is 10.4. The minimum Gasteiger partial charge on any atom is -0.256 e. The van der Waals surface area contributed by atoms with Crippen LogP contribution in [0.15, 0.2) is 188 Å². The highest BCUT2D eigenvalue weighted by molar-refractivity contribution is 6.23. The number of aromatic nitrogens is 4. The molecular weight excluding hydrogens is 683 g/mol. The Morgan fingerprint density at radius 2 is 0.821 bits per heavy atom. The topological polar surface area (TPSA) is 75.3 Å². The SMILES string of the molecule is N#Cc1cccc(-c2cccc(-c3cc4c5cccnc5c(-c5cccc(-c6nc(-c7ccccc7)nc(-c7ccccc7)n6)c5)cc4c4ccccc34)c2)c1. The van der Waals surface area contributed by atoms with Crippen LogP contribution in [0.25, 0.3) is 100.0 Å². The standard InChI is InChI=1S/C51H31N5/c52-32-33-13-9-18-36(27-33)37-19-10-20-38(28-37)44-30-47-43-25-12-26-53-48(43)45(31-46(47)42-24-8-7-23-41(42)44)39-21-11-22-40(29-39)51-55-49(34-14-3-1-4-15-34)54-50(56-51)35-16-5-2-6-17-35/h1-31H. The second-order valence-electron chi connectivity index (χ2n) is 13.8.